The average molecular weight is 584 g/mol. The van der Waals surface area contributed by atoms with Crippen LogP contribution in [0, 0.1) is 0 Å². The van der Waals surface area contributed by atoms with Crippen molar-refractivity contribution in [2.24, 2.45) is 0 Å². The number of hydrogen-bond acceptors (Lipinski definition) is 5. The van der Waals surface area contributed by atoms with Gasteiger partial charge < -0.3 is 14.4 Å². The zero-order valence-corrected chi connectivity index (χ0v) is 26.7. The summed E-state index contributed by atoms with van der Waals surface area (Å²) in [7, 11) is 0. The van der Waals surface area contributed by atoms with Crippen LogP contribution in [0.1, 0.15) is 111 Å². The molecule has 8 heteroatoms. The van der Waals surface area contributed by atoms with Gasteiger partial charge >= 0.3 is 0 Å². The summed E-state index contributed by atoms with van der Waals surface area (Å²) in [6, 6.07) is 10.2. The largest absolute Gasteiger partial charge is 0.339 e. The molecule has 1 saturated heterocycles. The van der Waals surface area contributed by atoms with Gasteiger partial charge in [-0.25, -0.2) is 0 Å². The van der Waals surface area contributed by atoms with Crippen molar-refractivity contribution in [3.05, 3.63) is 30.3 Å². The van der Waals surface area contributed by atoms with Crippen LogP contribution in [0.15, 0.2) is 35.5 Å². The van der Waals surface area contributed by atoms with Crippen LogP contribution in [0.4, 0.5) is 0 Å². The van der Waals surface area contributed by atoms with Crippen molar-refractivity contribution in [1.29, 1.82) is 0 Å². The standard InChI is InChI=1S/C33H53N5O2S/c1-4-6-7-8-9-10-11-12-13-14-18-22-31(40)38-25-24-36(27-28(38)3)30(39)23-19-26-41-33-35-34-32(37(33)5-2)29-20-16-15-17-21-29/h15-17,20-21,28H,4-14,18-19,22-27H2,1-3H3. The smallest absolute Gasteiger partial charge is 0.222 e. The van der Waals surface area contributed by atoms with E-state index in [2.05, 4.69) is 47.7 Å². The second-order valence-corrected chi connectivity index (χ2v) is 12.5. The molecule has 2 amide bonds. The number of aromatic nitrogens is 3. The van der Waals surface area contributed by atoms with Gasteiger partial charge in [-0.1, -0.05) is 113 Å². The Balaban J connectivity index is 1.27. The van der Waals surface area contributed by atoms with Crippen LogP contribution in [0.25, 0.3) is 11.4 Å². The fraction of sp³-hybridized carbons (Fsp3) is 0.697. The molecule has 228 valence electrons. The predicted octanol–water partition coefficient (Wildman–Crippen LogP) is 7.60. The summed E-state index contributed by atoms with van der Waals surface area (Å²) in [5, 5.41) is 9.71. The molecule has 1 fully saturated rings. The number of rotatable bonds is 19. The number of nitrogens with zero attached hydrogens (tertiary/aromatic N) is 5. The second-order valence-electron chi connectivity index (χ2n) is 11.4. The lowest BCUT2D eigenvalue weighted by molar-refractivity contribution is -0.142. The van der Waals surface area contributed by atoms with E-state index < -0.39 is 0 Å². The Kier molecular flexibility index (Phi) is 15.3. The minimum Gasteiger partial charge on any atom is -0.339 e. The normalized spacial score (nSPS) is 15.4. The lowest BCUT2D eigenvalue weighted by atomic mass is 10.0. The Hall–Kier alpha value is -2.35. The van der Waals surface area contributed by atoms with E-state index in [1.807, 2.05) is 28.0 Å². The molecule has 1 aromatic heterocycles. The van der Waals surface area contributed by atoms with Crippen LogP contribution < -0.4 is 0 Å². The van der Waals surface area contributed by atoms with Gasteiger partial charge in [-0.2, -0.15) is 0 Å². The number of piperazine rings is 1. The number of hydrogen-bond donors (Lipinski definition) is 0. The highest BCUT2D eigenvalue weighted by Crippen LogP contribution is 2.25. The van der Waals surface area contributed by atoms with Gasteiger partial charge in [-0.3, -0.25) is 9.59 Å². The molecule has 0 saturated carbocycles. The molecule has 2 aromatic rings. The molecule has 1 atom stereocenters. The van der Waals surface area contributed by atoms with Crippen molar-refractivity contribution < 1.29 is 9.59 Å². The van der Waals surface area contributed by atoms with Gasteiger partial charge in [-0.05, 0) is 26.7 Å². The van der Waals surface area contributed by atoms with Gasteiger partial charge in [-0.15, -0.1) is 10.2 Å². The van der Waals surface area contributed by atoms with Gasteiger partial charge in [0.25, 0.3) is 0 Å². The zero-order chi connectivity index (χ0) is 29.3. The Morgan fingerprint density at radius 3 is 2.07 bits per heavy atom. The maximum atomic E-state index is 12.9. The molecule has 1 unspecified atom stereocenters. The van der Waals surface area contributed by atoms with Crippen molar-refractivity contribution >= 4 is 23.6 Å². The van der Waals surface area contributed by atoms with E-state index >= 15 is 0 Å². The molecule has 0 radical (unpaired) electrons. The van der Waals surface area contributed by atoms with Gasteiger partial charge in [0.2, 0.25) is 11.8 Å². The number of carbonyl (C=O) groups is 2. The lowest BCUT2D eigenvalue weighted by Gasteiger charge is -2.40. The number of benzene rings is 1. The van der Waals surface area contributed by atoms with Crippen LogP contribution in [-0.2, 0) is 16.1 Å². The van der Waals surface area contributed by atoms with Gasteiger partial charge in [0, 0.05) is 56.4 Å². The van der Waals surface area contributed by atoms with Crippen molar-refractivity contribution in [1.82, 2.24) is 24.6 Å². The molecule has 1 aliphatic rings. The zero-order valence-electron chi connectivity index (χ0n) is 25.9. The van der Waals surface area contributed by atoms with E-state index in [0.29, 0.717) is 32.5 Å². The minimum atomic E-state index is 0.0850. The summed E-state index contributed by atoms with van der Waals surface area (Å²) < 4.78 is 2.14. The SMILES string of the molecule is CCCCCCCCCCCCCC(=O)N1CCN(C(=O)CCCSc2nnc(-c3ccccc3)n2CC)CC1C. The van der Waals surface area contributed by atoms with E-state index in [0.717, 1.165) is 48.1 Å². The Morgan fingerprint density at radius 2 is 1.44 bits per heavy atom. The fourth-order valence-corrected chi connectivity index (χ4v) is 6.61. The predicted molar refractivity (Wildman–Crippen MR) is 170 cm³/mol. The number of amides is 2. The van der Waals surface area contributed by atoms with Crippen molar-refractivity contribution in [3.8, 4) is 11.4 Å². The first-order valence-electron chi connectivity index (χ1n) is 16.2. The van der Waals surface area contributed by atoms with Gasteiger partial charge in [0.1, 0.15) is 0 Å². The molecule has 41 heavy (non-hydrogen) atoms. The molecule has 0 bridgehead atoms. The third kappa shape index (κ3) is 11.1. The Bertz CT molecular complexity index is 1030. The molecule has 7 nitrogen and oxygen atoms in total. The Morgan fingerprint density at radius 1 is 0.805 bits per heavy atom. The van der Waals surface area contributed by atoms with Crippen LogP contribution >= 0.6 is 11.8 Å². The molecule has 0 spiro atoms. The summed E-state index contributed by atoms with van der Waals surface area (Å²) in [5.74, 6) is 2.16. The molecular formula is C33H53N5O2S. The van der Waals surface area contributed by atoms with E-state index in [1.54, 1.807) is 11.8 Å². The van der Waals surface area contributed by atoms with Crippen molar-refractivity contribution in [2.45, 2.75) is 128 Å². The summed E-state index contributed by atoms with van der Waals surface area (Å²) in [6.45, 7) is 9.19. The minimum absolute atomic E-state index is 0.0850. The molecule has 0 aliphatic carbocycles. The quantitative estimate of drug-likeness (QED) is 0.126. The number of carbonyl (C=O) groups excluding carboxylic acids is 2. The monoisotopic (exact) mass is 583 g/mol. The van der Waals surface area contributed by atoms with Crippen molar-refractivity contribution in [3.63, 3.8) is 0 Å². The van der Waals surface area contributed by atoms with Crippen LogP contribution in [0.2, 0.25) is 0 Å². The second kappa shape index (κ2) is 19.0. The summed E-state index contributed by atoms with van der Waals surface area (Å²) in [5.41, 5.74) is 1.06. The third-order valence-corrected chi connectivity index (χ3v) is 9.18. The van der Waals surface area contributed by atoms with Gasteiger partial charge in [0.15, 0.2) is 11.0 Å². The first-order valence-corrected chi connectivity index (χ1v) is 17.2. The van der Waals surface area contributed by atoms with Gasteiger partial charge in [0.05, 0.1) is 0 Å². The molecule has 2 heterocycles. The highest BCUT2D eigenvalue weighted by atomic mass is 32.2. The van der Waals surface area contributed by atoms with E-state index in [-0.39, 0.29) is 17.9 Å². The third-order valence-electron chi connectivity index (χ3n) is 8.13. The number of thioether (sulfide) groups is 1. The highest BCUT2D eigenvalue weighted by molar-refractivity contribution is 7.99. The van der Waals surface area contributed by atoms with Crippen LogP contribution in [0.3, 0.4) is 0 Å². The lowest BCUT2D eigenvalue weighted by Crippen LogP contribution is -2.55. The van der Waals surface area contributed by atoms with Crippen LogP contribution in [-0.4, -0.2) is 67.8 Å². The Labute approximate surface area is 252 Å². The first-order chi connectivity index (χ1) is 20.0. The topological polar surface area (TPSA) is 71.3 Å². The summed E-state index contributed by atoms with van der Waals surface area (Å²) in [4.78, 5) is 29.7. The van der Waals surface area contributed by atoms with E-state index in [4.69, 9.17) is 0 Å². The molecule has 3 rings (SSSR count). The summed E-state index contributed by atoms with van der Waals surface area (Å²) in [6.07, 6.45) is 16.2. The average Bonchev–Trinajstić information content (AvgIpc) is 3.41. The maximum Gasteiger partial charge on any atom is 0.222 e. The van der Waals surface area contributed by atoms with Crippen molar-refractivity contribution in [2.75, 3.05) is 25.4 Å². The van der Waals surface area contributed by atoms with E-state index in [1.165, 1.54) is 57.8 Å². The molecule has 1 aromatic carbocycles. The molecule has 1 aliphatic heterocycles. The molecule has 0 N–H and O–H groups in total. The fourth-order valence-electron chi connectivity index (χ4n) is 5.66. The van der Waals surface area contributed by atoms with E-state index in [9.17, 15) is 9.59 Å². The number of unbranched alkanes of at least 4 members (excludes halogenated alkanes) is 10. The highest BCUT2D eigenvalue weighted by Gasteiger charge is 2.29. The summed E-state index contributed by atoms with van der Waals surface area (Å²) >= 11 is 1.66. The van der Waals surface area contributed by atoms with Crippen LogP contribution in [0.5, 0.6) is 0 Å². The maximum absolute atomic E-state index is 12.9. The molecular weight excluding hydrogens is 530 g/mol. The first kappa shape index (κ1) is 33.2.